The normalized spacial score (nSPS) is 20.3. The second-order valence-corrected chi connectivity index (χ2v) is 3.91. The summed E-state index contributed by atoms with van der Waals surface area (Å²) in [5.41, 5.74) is 0.107. The predicted octanol–water partition coefficient (Wildman–Crippen LogP) is 0.790. The molecule has 1 fully saturated rings. The Labute approximate surface area is 99.2 Å². The van der Waals surface area contributed by atoms with Crippen LogP contribution >= 0.6 is 0 Å². The summed E-state index contributed by atoms with van der Waals surface area (Å²) in [6.45, 7) is 4.14. The summed E-state index contributed by atoms with van der Waals surface area (Å²) in [6, 6.07) is 0.263. The van der Waals surface area contributed by atoms with Crippen molar-refractivity contribution in [2.24, 2.45) is 0 Å². The third kappa shape index (κ3) is 2.52. The Morgan fingerprint density at radius 2 is 2.29 bits per heavy atom. The van der Waals surface area contributed by atoms with Crippen molar-refractivity contribution in [1.29, 1.82) is 0 Å². The number of hydrogen-bond acceptors (Lipinski definition) is 5. The summed E-state index contributed by atoms with van der Waals surface area (Å²) in [4.78, 5) is 21.0. The average Bonchev–Trinajstić information content (AvgIpc) is 2.39. The molecule has 17 heavy (non-hydrogen) atoms. The molecule has 0 amide bonds. The Bertz CT molecular complexity index is 393. The first-order valence-electron chi connectivity index (χ1n) is 5.62. The SMILES string of the molecule is CCC1COCCN1c1ncc(C(=O)O)cn1. The molecule has 0 bridgehead atoms. The zero-order chi connectivity index (χ0) is 12.3. The molecule has 1 aromatic heterocycles. The standard InChI is InChI=1S/C11H15N3O3/c1-2-9-7-17-4-3-14(9)11-12-5-8(6-13-11)10(15)16/h5-6,9H,2-4,7H2,1H3,(H,15,16). The van der Waals surface area contributed by atoms with Crippen molar-refractivity contribution >= 4 is 11.9 Å². The van der Waals surface area contributed by atoms with Crippen molar-refractivity contribution in [3.63, 3.8) is 0 Å². The lowest BCUT2D eigenvalue weighted by atomic mass is 10.2. The van der Waals surface area contributed by atoms with Crippen molar-refractivity contribution < 1.29 is 14.6 Å². The van der Waals surface area contributed by atoms with Crippen molar-refractivity contribution in [1.82, 2.24) is 9.97 Å². The number of morpholine rings is 1. The van der Waals surface area contributed by atoms with Crippen LogP contribution in [-0.2, 0) is 4.74 Å². The molecule has 6 heteroatoms. The van der Waals surface area contributed by atoms with E-state index in [1.165, 1.54) is 12.4 Å². The lowest BCUT2D eigenvalue weighted by Gasteiger charge is -2.34. The first-order chi connectivity index (χ1) is 8.22. The van der Waals surface area contributed by atoms with Crippen LogP contribution in [0.5, 0.6) is 0 Å². The monoisotopic (exact) mass is 237 g/mol. The van der Waals surface area contributed by atoms with Gasteiger partial charge in [0.25, 0.3) is 0 Å². The Morgan fingerprint density at radius 1 is 1.59 bits per heavy atom. The van der Waals surface area contributed by atoms with Gasteiger partial charge in [0.15, 0.2) is 0 Å². The van der Waals surface area contributed by atoms with Crippen molar-refractivity contribution in [2.45, 2.75) is 19.4 Å². The van der Waals surface area contributed by atoms with E-state index in [4.69, 9.17) is 9.84 Å². The van der Waals surface area contributed by atoms with E-state index in [-0.39, 0.29) is 11.6 Å². The molecule has 1 N–H and O–H groups in total. The van der Waals surface area contributed by atoms with E-state index < -0.39 is 5.97 Å². The molecule has 1 saturated heterocycles. The zero-order valence-corrected chi connectivity index (χ0v) is 9.67. The maximum Gasteiger partial charge on any atom is 0.338 e. The molecule has 0 radical (unpaired) electrons. The fourth-order valence-electron chi connectivity index (χ4n) is 1.84. The Morgan fingerprint density at radius 3 is 2.88 bits per heavy atom. The smallest absolute Gasteiger partial charge is 0.338 e. The third-order valence-electron chi connectivity index (χ3n) is 2.84. The molecule has 0 aliphatic carbocycles. The van der Waals surface area contributed by atoms with Gasteiger partial charge in [-0.3, -0.25) is 0 Å². The van der Waals surface area contributed by atoms with Gasteiger partial charge in [-0.1, -0.05) is 6.92 Å². The summed E-state index contributed by atoms with van der Waals surface area (Å²) < 4.78 is 5.40. The summed E-state index contributed by atoms with van der Waals surface area (Å²) in [7, 11) is 0. The van der Waals surface area contributed by atoms with Gasteiger partial charge in [0.05, 0.1) is 24.8 Å². The molecular weight excluding hydrogens is 222 g/mol. The van der Waals surface area contributed by atoms with Crippen LogP contribution in [0, 0.1) is 0 Å². The number of anilines is 1. The number of rotatable bonds is 3. The van der Waals surface area contributed by atoms with Gasteiger partial charge in [-0.05, 0) is 6.42 Å². The van der Waals surface area contributed by atoms with Gasteiger partial charge < -0.3 is 14.7 Å². The van der Waals surface area contributed by atoms with E-state index in [1.807, 2.05) is 0 Å². The van der Waals surface area contributed by atoms with Crippen molar-refractivity contribution in [3.8, 4) is 0 Å². The summed E-state index contributed by atoms with van der Waals surface area (Å²) >= 11 is 0. The molecule has 2 rings (SSSR count). The van der Waals surface area contributed by atoms with Gasteiger partial charge in [-0.15, -0.1) is 0 Å². The Hall–Kier alpha value is -1.69. The zero-order valence-electron chi connectivity index (χ0n) is 9.67. The van der Waals surface area contributed by atoms with Gasteiger partial charge in [-0.2, -0.15) is 0 Å². The lowest BCUT2D eigenvalue weighted by molar-refractivity contribution is 0.0695. The Balaban J connectivity index is 2.17. The van der Waals surface area contributed by atoms with Gasteiger partial charge in [0.1, 0.15) is 0 Å². The fraction of sp³-hybridized carbons (Fsp3) is 0.545. The Kier molecular flexibility index (Phi) is 3.53. The quantitative estimate of drug-likeness (QED) is 0.837. The minimum Gasteiger partial charge on any atom is -0.478 e. The molecular formula is C11H15N3O3. The van der Waals surface area contributed by atoms with E-state index in [9.17, 15) is 4.79 Å². The molecule has 2 heterocycles. The summed E-state index contributed by atoms with van der Waals surface area (Å²) in [5.74, 6) is -0.435. The summed E-state index contributed by atoms with van der Waals surface area (Å²) in [6.07, 6.45) is 3.63. The van der Waals surface area contributed by atoms with E-state index in [0.717, 1.165) is 13.0 Å². The number of nitrogens with zero attached hydrogens (tertiary/aromatic N) is 3. The number of aromatic carboxylic acids is 1. The average molecular weight is 237 g/mol. The molecule has 1 atom stereocenters. The number of ether oxygens (including phenoxy) is 1. The van der Waals surface area contributed by atoms with Crippen LogP contribution in [0.2, 0.25) is 0 Å². The largest absolute Gasteiger partial charge is 0.478 e. The maximum absolute atomic E-state index is 10.7. The number of aromatic nitrogens is 2. The highest BCUT2D eigenvalue weighted by molar-refractivity contribution is 5.86. The number of hydrogen-bond donors (Lipinski definition) is 1. The second kappa shape index (κ2) is 5.09. The van der Waals surface area contributed by atoms with Crippen LogP contribution in [0.15, 0.2) is 12.4 Å². The predicted molar refractivity (Wildman–Crippen MR) is 61.2 cm³/mol. The van der Waals surface area contributed by atoms with Crippen LogP contribution < -0.4 is 4.90 Å². The van der Waals surface area contributed by atoms with Crippen LogP contribution in [0.3, 0.4) is 0 Å². The van der Waals surface area contributed by atoms with Gasteiger partial charge >= 0.3 is 5.97 Å². The van der Waals surface area contributed by atoms with Crippen LogP contribution in [0.4, 0.5) is 5.95 Å². The number of carbonyl (C=O) groups is 1. The van der Waals surface area contributed by atoms with E-state index in [2.05, 4.69) is 21.8 Å². The highest BCUT2D eigenvalue weighted by Gasteiger charge is 2.23. The molecule has 0 aromatic carbocycles. The van der Waals surface area contributed by atoms with Crippen LogP contribution in [0.25, 0.3) is 0 Å². The van der Waals surface area contributed by atoms with E-state index in [0.29, 0.717) is 19.2 Å². The number of carboxylic acids is 1. The molecule has 0 saturated carbocycles. The third-order valence-corrected chi connectivity index (χ3v) is 2.84. The minimum atomic E-state index is -1.01. The van der Waals surface area contributed by atoms with Gasteiger partial charge in [0, 0.05) is 18.9 Å². The lowest BCUT2D eigenvalue weighted by Crippen LogP contribution is -2.46. The van der Waals surface area contributed by atoms with E-state index >= 15 is 0 Å². The molecule has 1 unspecified atom stereocenters. The second-order valence-electron chi connectivity index (χ2n) is 3.91. The first kappa shape index (κ1) is 11.8. The van der Waals surface area contributed by atoms with Crippen LogP contribution in [-0.4, -0.2) is 46.8 Å². The van der Waals surface area contributed by atoms with Crippen LogP contribution in [0.1, 0.15) is 23.7 Å². The van der Waals surface area contributed by atoms with Crippen molar-refractivity contribution in [2.75, 3.05) is 24.7 Å². The molecule has 0 spiro atoms. The minimum absolute atomic E-state index is 0.107. The summed E-state index contributed by atoms with van der Waals surface area (Å²) in [5, 5.41) is 8.77. The molecule has 1 aliphatic rings. The molecule has 1 aliphatic heterocycles. The van der Waals surface area contributed by atoms with Gasteiger partial charge in [0.2, 0.25) is 5.95 Å². The first-order valence-corrected chi connectivity index (χ1v) is 5.62. The molecule has 92 valence electrons. The molecule has 6 nitrogen and oxygen atoms in total. The maximum atomic E-state index is 10.7. The van der Waals surface area contributed by atoms with Gasteiger partial charge in [-0.25, -0.2) is 14.8 Å². The topological polar surface area (TPSA) is 75.5 Å². The fourth-order valence-corrected chi connectivity index (χ4v) is 1.84. The highest BCUT2D eigenvalue weighted by Crippen LogP contribution is 2.16. The van der Waals surface area contributed by atoms with E-state index in [1.54, 1.807) is 0 Å². The highest BCUT2D eigenvalue weighted by atomic mass is 16.5. The number of carboxylic acid groups (broad SMARTS) is 1. The molecule has 1 aromatic rings. The van der Waals surface area contributed by atoms with Crippen molar-refractivity contribution in [3.05, 3.63) is 18.0 Å².